The molecule has 2 amide bonds. The fraction of sp³-hybridized carbons (Fsp3) is 0.720. The number of urea groups is 1. The number of piperazine rings is 1. The Morgan fingerprint density at radius 3 is 2.42 bits per heavy atom. The Morgan fingerprint density at radius 1 is 1.10 bits per heavy atom. The molecule has 0 radical (unpaired) electrons. The van der Waals surface area contributed by atoms with Crippen LogP contribution in [-0.4, -0.2) is 84.3 Å². The van der Waals surface area contributed by atoms with E-state index in [1.807, 2.05) is 4.90 Å². The molecular weight excluding hydrogens is 388 g/mol. The summed E-state index contributed by atoms with van der Waals surface area (Å²) in [4.78, 5) is 19.9. The molecule has 1 N–H and O–H groups in total. The molecule has 1 unspecified atom stereocenters. The fourth-order valence-electron chi connectivity index (χ4n) is 5.39. The van der Waals surface area contributed by atoms with Crippen molar-refractivity contribution in [1.82, 2.24) is 20.0 Å². The van der Waals surface area contributed by atoms with Gasteiger partial charge in [0, 0.05) is 64.5 Å². The second-order valence-corrected chi connectivity index (χ2v) is 9.98. The Balaban J connectivity index is 1.24. The zero-order valence-corrected chi connectivity index (χ0v) is 19.6. The highest BCUT2D eigenvalue weighted by Crippen LogP contribution is 2.37. The van der Waals surface area contributed by atoms with E-state index in [1.165, 1.54) is 31.7 Å². The predicted molar refractivity (Wildman–Crippen MR) is 124 cm³/mol. The van der Waals surface area contributed by atoms with Crippen LogP contribution in [0.15, 0.2) is 24.3 Å². The van der Waals surface area contributed by atoms with Crippen molar-refractivity contribution >= 4 is 6.03 Å². The van der Waals surface area contributed by atoms with Crippen molar-refractivity contribution in [2.45, 2.75) is 70.7 Å². The number of hydrogen-bond acceptors (Lipinski definition) is 4. The molecule has 6 heteroatoms. The first-order chi connectivity index (χ1) is 14.9. The van der Waals surface area contributed by atoms with Gasteiger partial charge in [0.1, 0.15) is 0 Å². The van der Waals surface area contributed by atoms with Gasteiger partial charge in [-0.25, -0.2) is 4.79 Å². The van der Waals surface area contributed by atoms with Crippen LogP contribution in [0.1, 0.15) is 50.7 Å². The largest absolute Gasteiger partial charge is 0.375 e. The van der Waals surface area contributed by atoms with Crippen LogP contribution in [0, 0.1) is 6.92 Å². The maximum absolute atomic E-state index is 12.7. The number of amides is 2. The van der Waals surface area contributed by atoms with Crippen LogP contribution in [0.4, 0.5) is 4.79 Å². The number of carbonyl (C=O) groups is 1. The number of ether oxygens (including phenoxy) is 1. The van der Waals surface area contributed by atoms with Gasteiger partial charge in [0.2, 0.25) is 0 Å². The lowest BCUT2D eigenvalue weighted by atomic mass is 9.81. The molecule has 172 valence electrons. The van der Waals surface area contributed by atoms with E-state index < -0.39 is 0 Å². The summed E-state index contributed by atoms with van der Waals surface area (Å²) >= 11 is 0. The molecule has 1 atom stereocenters. The normalized spacial score (nSPS) is 25.2. The Bertz CT molecular complexity index is 720. The summed E-state index contributed by atoms with van der Waals surface area (Å²) in [5.41, 5.74) is 2.35. The fourth-order valence-corrected chi connectivity index (χ4v) is 5.39. The minimum absolute atomic E-state index is 0.0359. The second-order valence-electron chi connectivity index (χ2n) is 9.98. The van der Waals surface area contributed by atoms with Crippen molar-refractivity contribution in [1.29, 1.82) is 0 Å². The van der Waals surface area contributed by atoms with Crippen molar-refractivity contribution in [3.63, 3.8) is 0 Å². The number of nitrogens with zero attached hydrogens (tertiary/aromatic N) is 3. The van der Waals surface area contributed by atoms with E-state index in [0.29, 0.717) is 18.6 Å². The number of carbonyl (C=O) groups excluding carboxylic acids is 1. The molecule has 31 heavy (non-hydrogen) atoms. The molecule has 3 heterocycles. The average Bonchev–Trinajstić information content (AvgIpc) is 2.79. The molecule has 1 aromatic rings. The van der Waals surface area contributed by atoms with E-state index in [9.17, 15) is 4.79 Å². The van der Waals surface area contributed by atoms with Crippen LogP contribution in [-0.2, 0) is 11.3 Å². The first-order valence-electron chi connectivity index (χ1n) is 12.1. The standard InChI is InChI=1S/C25H40N4O2/c1-20(2)27-13-15-28(16-14-27)23-8-17-31-25(18-23)9-11-29(12-10-25)24(30)26-19-22-6-4-21(3)5-7-22/h4-7,20,23H,8-19H2,1-3H3,(H,26,30). The second kappa shape index (κ2) is 9.88. The van der Waals surface area contributed by atoms with Gasteiger partial charge < -0.3 is 15.0 Å². The van der Waals surface area contributed by atoms with E-state index in [2.05, 4.69) is 60.2 Å². The number of benzene rings is 1. The summed E-state index contributed by atoms with van der Waals surface area (Å²) < 4.78 is 6.36. The van der Waals surface area contributed by atoms with Crippen molar-refractivity contribution in [3.8, 4) is 0 Å². The first-order valence-corrected chi connectivity index (χ1v) is 12.1. The minimum atomic E-state index is -0.0359. The number of aryl methyl sites for hydroxylation is 1. The van der Waals surface area contributed by atoms with Crippen LogP contribution < -0.4 is 5.32 Å². The summed E-state index contributed by atoms with van der Waals surface area (Å²) in [6, 6.07) is 9.66. The molecule has 0 aliphatic carbocycles. The van der Waals surface area contributed by atoms with Gasteiger partial charge in [-0.05, 0) is 52.0 Å². The van der Waals surface area contributed by atoms with Gasteiger partial charge >= 0.3 is 6.03 Å². The van der Waals surface area contributed by atoms with Crippen LogP contribution in [0.2, 0.25) is 0 Å². The smallest absolute Gasteiger partial charge is 0.317 e. The maximum atomic E-state index is 12.7. The zero-order valence-electron chi connectivity index (χ0n) is 19.6. The van der Waals surface area contributed by atoms with E-state index >= 15 is 0 Å². The van der Waals surface area contributed by atoms with Crippen molar-refractivity contribution in [2.24, 2.45) is 0 Å². The molecule has 3 aliphatic rings. The predicted octanol–water partition coefficient (Wildman–Crippen LogP) is 3.24. The Labute approximate surface area is 187 Å². The summed E-state index contributed by atoms with van der Waals surface area (Å²) in [6.45, 7) is 14.4. The molecule has 3 aliphatic heterocycles. The Kier molecular flexibility index (Phi) is 7.19. The topological polar surface area (TPSA) is 48.1 Å². The lowest BCUT2D eigenvalue weighted by Gasteiger charge is -2.50. The van der Waals surface area contributed by atoms with Gasteiger partial charge in [-0.1, -0.05) is 29.8 Å². The lowest BCUT2D eigenvalue weighted by molar-refractivity contribution is -0.132. The number of likely N-dealkylation sites (tertiary alicyclic amines) is 1. The summed E-state index contributed by atoms with van der Waals surface area (Å²) in [6.07, 6.45) is 4.17. The quantitative estimate of drug-likeness (QED) is 0.800. The summed E-state index contributed by atoms with van der Waals surface area (Å²) in [5.74, 6) is 0. The van der Waals surface area contributed by atoms with Crippen LogP contribution in [0.5, 0.6) is 0 Å². The average molecular weight is 429 g/mol. The molecular formula is C25H40N4O2. The number of nitrogens with one attached hydrogen (secondary N) is 1. The third kappa shape index (κ3) is 5.60. The molecule has 1 aromatic carbocycles. The third-order valence-electron chi connectivity index (χ3n) is 7.59. The van der Waals surface area contributed by atoms with Crippen LogP contribution in [0.25, 0.3) is 0 Å². The monoisotopic (exact) mass is 428 g/mol. The van der Waals surface area contributed by atoms with Gasteiger partial charge in [-0.3, -0.25) is 9.80 Å². The van der Waals surface area contributed by atoms with Crippen molar-refractivity contribution in [3.05, 3.63) is 35.4 Å². The molecule has 3 fully saturated rings. The molecule has 0 aromatic heterocycles. The van der Waals surface area contributed by atoms with E-state index in [0.717, 1.165) is 50.9 Å². The highest BCUT2D eigenvalue weighted by atomic mass is 16.5. The van der Waals surface area contributed by atoms with Crippen LogP contribution >= 0.6 is 0 Å². The van der Waals surface area contributed by atoms with Gasteiger partial charge in [0.15, 0.2) is 0 Å². The van der Waals surface area contributed by atoms with Gasteiger partial charge in [0.05, 0.1) is 5.60 Å². The number of piperidine rings is 1. The van der Waals surface area contributed by atoms with Crippen LogP contribution in [0.3, 0.4) is 0 Å². The molecule has 3 saturated heterocycles. The first kappa shape index (κ1) is 22.6. The molecule has 4 rings (SSSR count). The maximum Gasteiger partial charge on any atom is 0.317 e. The van der Waals surface area contributed by atoms with Crippen molar-refractivity contribution in [2.75, 3.05) is 45.9 Å². The minimum Gasteiger partial charge on any atom is -0.375 e. The van der Waals surface area contributed by atoms with E-state index in [1.54, 1.807) is 0 Å². The summed E-state index contributed by atoms with van der Waals surface area (Å²) in [5, 5.41) is 3.09. The van der Waals surface area contributed by atoms with Gasteiger partial charge in [0.25, 0.3) is 0 Å². The third-order valence-corrected chi connectivity index (χ3v) is 7.59. The molecule has 0 bridgehead atoms. The number of hydrogen-bond donors (Lipinski definition) is 1. The lowest BCUT2D eigenvalue weighted by Crippen LogP contribution is -2.58. The number of rotatable bonds is 4. The molecule has 6 nitrogen and oxygen atoms in total. The van der Waals surface area contributed by atoms with E-state index in [4.69, 9.17) is 4.74 Å². The van der Waals surface area contributed by atoms with Crippen molar-refractivity contribution < 1.29 is 9.53 Å². The van der Waals surface area contributed by atoms with Gasteiger partial charge in [-0.2, -0.15) is 0 Å². The summed E-state index contributed by atoms with van der Waals surface area (Å²) in [7, 11) is 0. The Morgan fingerprint density at radius 2 is 1.77 bits per heavy atom. The zero-order chi connectivity index (χ0) is 21.8. The highest BCUT2D eigenvalue weighted by molar-refractivity contribution is 5.74. The van der Waals surface area contributed by atoms with E-state index in [-0.39, 0.29) is 11.6 Å². The Hall–Kier alpha value is -1.63. The highest BCUT2D eigenvalue weighted by Gasteiger charge is 2.43. The molecule has 0 saturated carbocycles. The molecule has 1 spiro atoms. The SMILES string of the molecule is Cc1ccc(CNC(=O)N2CCC3(CC2)CC(N2CCN(C(C)C)CC2)CCO3)cc1. The van der Waals surface area contributed by atoms with Gasteiger partial charge in [-0.15, -0.1) is 0 Å².